The molecule has 0 aliphatic carbocycles. The zero-order chi connectivity index (χ0) is 91.1. The molecule has 0 bridgehead atoms. The van der Waals surface area contributed by atoms with E-state index in [2.05, 4.69) is 68.5 Å². The van der Waals surface area contributed by atoms with Crippen LogP contribution >= 0.6 is 11.8 Å². The number of guanidine groups is 2. The Labute approximate surface area is 692 Å². The highest BCUT2D eigenvalue weighted by Gasteiger charge is 2.44. The van der Waals surface area contributed by atoms with Crippen LogP contribution in [-0.4, -0.2) is 323 Å². The Morgan fingerprint density at radius 1 is 0.408 bits per heavy atom. The number of hydrogen-bond acceptors (Lipinski definition) is 27. The van der Waals surface area contributed by atoms with Gasteiger partial charge in [0.1, 0.15) is 84.6 Å². The summed E-state index contributed by atoms with van der Waals surface area (Å²) in [6, 6.07) is -25.8. The lowest BCUT2D eigenvalue weighted by atomic mass is 10.0. The number of rotatable bonds is 55. The second-order valence-corrected chi connectivity index (χ2v) is 29.7. The van der Waals surface area contributed by atoms with Crippen molar-refractivity contribution in [2.75, 3.05) is 44.8 Å². The molecule has 2 rings (SSSR count). The van der Waals surface area contributed by atoms with Crippen LogP contribution in [0.1, 0.15) is 144 Å². The first-order chi connectivity index (χ1) is 56.1. The van der Waals surface area contributed by atoms with Crippen LogP contribution in [-0.2, 0) is 95.9 Å². The van der Waals surface area contributed by atoms with Crippen molar-refractivity contribution in [2.45, 2.75) is 247 Å². The van der Waals surface area contributed by atoms with Crippen LogP contribution in [0.2, 0.25) is 0 Å². The Balaban J connectivity index is 2.34. The van der Waals surface area contributed by atoms with Crippen LogP contribution in [0.15, 0.2) is 9.98 Å². The monoisotopic (exact) mass is 1730 g/mol. The first kappa shape index (κ1) is 104. The van der Waals surface area contributed by atoms with Gasteiger partial charge in [0, 0.05) is 45.4 Å². The number of carbonyl (C=O) groups is 20. The molecule has 33 N–H and O–H groups in total. The predicted molar refractivity (Wildman–Crippen MR) is 420 cm³/mol. The summed E-state index contributed by atoms with van der Waals surface area (Å²) in [5.41, 5.74) is 38.2. The maximum atomic E-state index is 14.2. The minimum Gasteiger partial charge on any atom is -0.481 e. The van der Waals surface area contributed by atoms with Crippen LogP contribution in [0.4, 0.5) is 0 Å². The lowest BCUT2D eigenvalue weighted by Gasteiger charge is -2.31. The van der Waals surface area contributed by atoms with Crippen LogP contribution < -0.4 is 104 Å². The zero-order valence-electron chi connectivity index (χ0n) is 67.2. The highest BCUT2D eigenvalue weighted by atomic mass is 32.2. The topological polar surface area (TPSA) is 841 Å². The second kappa shape index (κ2) is 52.1. The fourth-order valence-corrected chi connectivity index (χ4v) is 12.6. The van der Waals surface area contributed by atoms with Crippen molar-refractivity contribution in [2.24, 2.45) is 56.0 Å². The zero-order valence-corrected chi connectivity index (χ0v) is 68.0. The van der Waals surface area contributed by atoms with E-state index in [0.717, 1.165) is 42.3 Å². The van der Waals surface area contributed by atoms with Crippen molar-refractivity contribution in [3.05, 3.63) is 0 Å². The van der Waals surface area contributed by atoms with E-state index >= 15 is 0 Å². The number of nitrogens with one attached hydrogen (secondary N) is 12. The molecule has 0 aromatic heterocycles. The van der Waals surface area contributed by atoms with Crippen molar-refractivity contribution in [1.29, 1.82) is 0 Å². The van der Waals surface area contributed by atoms with Crippen molar-refractivity contribution in [3.63, 3.8) is 0 Å². The van der Waals surface area contributed by atoms with Crippen molar-refractivity contribution in [1.82, 2.24) is 73.6 Å². The average molecular weight is 1730 g/mol. The van der Waals surface area contributed by atoms with Crippen LogP contribution in [0, 0.1) is 5.92 Å². The van der Waals surface area contributed by atoms with Gasteiger partial charge in [-0.3, -0.25) is 101 Å². The number of likely N-dealkylation sites (tertiary alicyclic amines) is 2. The van der Waals surface area contributed by atoms with E-state index in [0.29, 0.717) is 0 Å². The molecule has 51 heteroatoms. The van der Waals surface area contributed by atoms with E-state index in [-0.39, 0.29) is 108 Å². The summed E-state index contributed by atoms with van der Waals surface area (Å²) in [5, 5.41) is 98.0. The first-order valence-corrected chi connectivity index (χ1v) is 39.6. The Hall–Kier alpha value is -11.9. The molecule has 674 valence electrons. The molecule has 2 fully saturated rings. The van der Waals surface area contributed by atoms with Gasteiger partial charge in [-0.2, -0.15) is 11.8 Å². The first-order valence-electron chi connectivity index (χ1n) is 38.2. The average Bonchev–Trinajstić information content (AvgIpc) is 1.66. The summed E-state index contributed by atoms with van der Waals surface area (Å²) in [6.07, 6.45) is -7.71. The fraction of sp³-hybridized carbons (Fsp3) is 0.681. The highest BCUT2D eigenvalue weighted by Crippen LogP contribution is 2.23. The number of carboxylic acids is 4. The summed E-state index contributed by atoms with van der Waals surface area (Å²) in [4.78, 5) is 276. The molecular formula is C69H115N23O27S. The smallest absolute Gasteiger partial charge is 0.326 e. The molecule has 0 aromatic carbocycles. The molecule has 2 aliphatic heterocycles. The van der Waals surface area contributed by atoms with Crippen molar-refractivity contribution >= 4 is 142 Å². The van der Waals surface area contributed by atoms with Crippen LogP contribution in [0.5, 0.6) is 0 Å². The molecule has 2 aliphatic rings. The Kier molecular flexibility index (Phi) is 45.3. The van der Waals surface area contributed by atoms with Gasteiger partial charge in [0.15, 0.2) is 11.9 Å². The van der Waals surface area contributed by atoms with Gasteiger partial charge in [0.05, 0.1) is 37.7 Å². The van der Waals surface area contributed by atoms with E-state index in [4.69, 9.17) is 40.1 Å². The fourth-order valence-electron chi connectivity index (χ4n) is 12.2. The normalized spacial score (nSPS) is 17.4. The molecular weight excluding hydrogens is 1610 g/mol. The number of carbonyl (C=O) groups excluding carboxylic acids is 16. The number of aliphatic carboxylic acids is 4. The summed E-state index contributed by atoms with van der Waals surface area (Å²) in [7, 11) is 0. The maximum Gasteiger partial charge on any atom is 0.326 e. The maximum absolute atomic E-state index is 14.2. The van der Waals surface area contributed by atoms with Gasteiger partial charge in [0.2, 0.25) is 94.5 Å². The molecule has 0 radical (unpaired) electrons. The van der Waals surface area contributed by atoms with E-state index in [1.165, 1.54) is 13.8 Å². The molecule has 2 heterocycles. The van der Waals surface area contributed by atoms with E-state index in [1.807, 2.05) is 5.32 Å². The van der Waals surface area contributed by atoms with E-state index in [9.17, 15) is 132 Å². The lowest BCUT2D eigenvalue weighted by Crippen LogP contribution is -2.63. The molecule has 0 aromatic rings. The molecule has 120 heavy (non-hydrogen) atoms. The van der Waals surface area contributed by atoms with Crippen molar-refractivity contribution in [3.8, 4) is 0 Å². The third-order valence-electron chi connectivity index (χ3n) is 18.6. The quantitative estimate of drug-likeness (QED) is 0.0153. The molecule has 16 amide bonds. The number of aliphatic imine (C=N–C) groups is 2. The summed E-state index contributed by atoms with van der Waals surface area (Å²) >= 11 is 1.11. The SMILES string of the molecule is CSCC[C@H](NC(=O)[C@H](CCC(=O)O)NC(=O)[C@H](CO)NC(=O)[C@H](CCC(=O)O)NC(=O)[C@@H]1CCCN1C(=O)[C@H](CCC(N)=O)NC(=O)[C@@H](N)CCCN=C(N)N)C(=O)N[C@H](C(=O)N[C@@H](CC(=O)O)C(=O)N[C@@H](C)C(=O)N[C@H](C(=O)N[C@H](C(=O)N[C@@H](CC(N)=O)C(=O)N1CCC[C@H]1C(=O)N[C@@H](CCCN=C(N)N)C(=O)O)C(C)C)[C@@H](C)O)[C@@H](C)O. The summed E-state index contributed by atoms with van der Waals surface area (Å²) in [5.74, 6) is -25.8. The third-order valence-corrected chi connectivity index (χ3v) is 19.3. The standard InChI is InChI=1S/C69H115N23O27S/c1-30(2)50(62(113)86-41(27-46(72)97)66(117)92-25-10-14-44(92)61(112)84-39(67(118)119)12-8-23-78-69(75)76)88-64(115)52(33(5)95)89-53(104)31(3)79-58(109)40(28-49(102)103)85-63(114)51(32(4)94)90-57(108)37(21-26-120-6)81-55(106)35(16-19-47(98)99)80-59(110)42(29-93)87-56(107)36(17-20-48(100)101)82-60(111)43-13-9-24-91(43)65(116)38(15-18-45(71)96)83-54(105)34(70)11-7-22-77-68(73)74/h30-44,50-52,93-95H,7-29,70H2,1-6H3,(H2,71,96)(H2,72,97)(H,79,109)(H,80,110)(H,81,106)(H,82,111)(H,83,105)(H,84,112)(H,85,114)(H,86,113)(H,87,107)(H,88,115)(H,89,104)(H,90,108)(H,98,99)(H,100,101)(H,102,103)(H,118,119)(H4,73,74,77)(H4,75,76,78)/t31-,32+,33+,34-,35-,36-,37-,38-,39-,40-,41-,42-,43-,44-,50-,51-,52-/m0/s1. The molecule has 50 nitrogen and oxygen atoms in total. The van der Waals surface area contributed by atoms with Gasteiger partial charge >= 0.3 is 23.9 Å². The minimum atomic E-state index is -2.16. The van der Waals surface area contributed by atoms with Crippen molar-refractivity contribution < 1.29 is 132 Å². The third kappa shape index (κ3) is 36.6. The van der Waals surface area contributed by atoms with Gasteiger partial charge in [-0.05, 0) is 116 Å². The number of carboxylic acid groups (broad SMARTS) is 4. The van der Waals surface area contributed by atoms with E-state index < -0.39 is 279 Å². The predicted octanol–water partition coefficient (Wildman–Crippen LogP) is -12.2. The van der Waals surface area contributed by atoms with Gasteiger partial charge in [0.25, 0.3) is 0 Å². The number of nitrogens with zero attached hydrogens (tertiary/aromatic N) is 4. The number of aliphatic hydroxyl groups excluding tert-OH is 3. The number of nitrogens with two attached hydrogens (primary N) is 7. The van der Waals surface area contributed by atoms with Crippen LogP contribution in [0.3, 0.4) is 0 Å². The number of thioether (sulfide) groups is 1. The number of aliphatic hydroxyl groups is 3. The highest BCUT2D eigenvalue weighted by molar-refractivity contribution is 7.98. The van der Waals surface area contributed by atoms with Gasteiger partial charge in [-0.1, -0.05) is 13.8 Å². The molecule has 17 atom stereocenters. The Morgan fingerprint density at radius 2 is 0.800 bits per heavy atom. The number of primary amides is 2. The summed E-state index contributed by atoms with van der Waals surface area (Å²) < 4.78 is 0. The van der Waals surface area contributed by atoms with E-state index in [1.54, 1.807) is 6.26 Å². The largest absolute Gasteiger partial charge is 0.481 e. The van der Waals surface area contributed by atoms with Crippen LogP contribution in [0.25, 0.3) is 0 Å². The second-order valence-electron chi connectivity index (χ2n) is 28.7. The van der Waals surface area contributed by atoms with Gasteiger partial charge in [-0.15, -0.1) is 0 Å². The number of hydrogen-bond donors (Lipinski definition) is 26. The molecule has 2 saturated heterocycles. The molecule has 0 saturated carbocycles. The Bertz CT molecular complexity index is 3720. The van der Waals surface area contributed by atoms with Gasteiger partial charge in [-0.25, -0.2) is 4.79 Å². The molecule has 0 spiro atoms. The minimum absolute atomic E-state index is 0.0335. The number of amides is 16. The Morgan fingerprint density at radius 3 is 1.25 bits per heavy atom. The van der Waals surface area contributed by atoms with Gasteiger partial charge < -0.3 is 149 Å². The lowest BCUT2D eigenvalue weighted by molar-refractivity contribution is -0.145. The molecule has 0 unspecified atom stereocenters. The summed E-state index contributed by atoms with van der Waals surface area (Å²) in [6.45, 7) is 4.55.